The monoisotopic (exact) mass is 582 g/mol. The molecule has 0 fully saturated rings. The molecule has 42 heavy (non-hydrogen) atoms. The standard InChI is InChI=1S/C33H30N2O6S/c1-21(32(37)38)26-9-6-10-29(36)27(26)19-22-11-14-25(15-12-22)41-18-17-35-28-16-13-24(20-30(28)42-33(35)39)31(34-40-2)23-7-4-3-5-8-23/h3-16,20-21,27H,17-19H2,1-2H3,(H,37,38). The minimum absolute atomic E-state index is 0.0725. The fourth-order valence-electron chi connectivity index (χ4n) is 5.05. The van der Waals surface area contributed by atoms with Crippen LogP contribution in [-0.4, -0.2) is 40.9 Å². The molecule has 5 rings (SSSR count). The first-order valence-electron chi connectivity index (χ1n) is 13.5. The van der Waals surface area contributed by atoms with Gasteiger partial charge in [0.2, 0.25) is 0 Å². The molecule has 1 heterocycles. The Labute approximate surface area is 246 Å². The van der Waals surface area contributed by atoms with Crippen molar-refractivity contribution in [3.05, 3.63) is 123 Å². The number of allylic oxidation sites excluding steroid dienone is 3. The highest BCUT2D eigenvalue weighted by molar-refractivity contribution is 7.16. The summed E-state index contributed by atoms with van der Waals surface area (Å²) < 4.78 is 8.48. The Morgan fingerprint density at radius 3 is 2.52 bits per heavy atom. The minimum atomic E-state index is -0.951. The van der Waals surface area contributed by atoms with Crippen LogP contribution in [-0.2, 0) is 27.4 Å². The van der Waals surface area contributed by atoms with Crippen molar-refractivity contribution < 1.29 is 24.3 Å². The molecular weight excluding hydrogens is 552 g/mol. The van der Waals surface area contributed by atoms with E-state index in [1.165, 1.54) is 24.5 Å². The lowest BCUT2D eigenvalue weighted by Crippen LogP contribution is -2.27. The van der Waals surface area contributed by atoms with Gasteiger partial charge in [-0.2, -0.15) is 0 Å². The number of oxime groups is 1. The average molecular weight is 583 g/mol. The number of nitrogens with zero attached hydrogens (tertiary/aromatic N) is 2. The number of aromatic nitrogens is 1. The molecule has 4 aromatic rings. The lowest BCUT2D eigenvalue weighted by molar-refractivity contribution is -0.140. The molecule has 1 N–H and O–H groups in total. The number of carboxylic acids is 1. The molecule has 1 aliphatic rings. The lowest BCUT2D eigenvalue weighted by atomic mass is 9.79. The predicted octanol–water partition coefficient (Wildman–Crippen LogP) is 5.49. The van der Waals surface area contributed by atoms with E-state index >= 15 is 0 Å². The maximum atomic E-state index is 12.8. The highest BCUT2D eigenvalue weighted by Crippen LogP contribution is 2.29. The third-order valence-electron chi connectivity index (χ3n) is 7.28. The van der Waals surface area contributed by atoms with E-state index in [1.54, 1.807) is 23.6 Å². The van der Waals surface area contributed by atoms with Crippen molar-refractivity contribution in [1.29, 1.82) is 0 Å². The van der Waals surface area contributed by atoms with E-state index < -0.39 is 17.8 Å². The summed E-state index contributed by atoms with van der Waals surface area (Å²) >= 11 is 1.17. The summed E-state index contributed by atoms with van der Waals surface area (Å²) in [6.07, 6.45) is 5.25. The maximum Gasteiger partial charge on any atom is 0.310 e. The van der Waals surface area contributed by atoms with Gasteiger partial charge in [0.25, 0.3) is 0 Å². The number of hydrogen-bond donors (Lipinski definition) is 1. The lowest BCUT2D eigenvalue weighted by Gasteiger charge is -2.23. The molecule has 1 aromatic heterocycles. The van der Waals surface area contributed by atoms with E-state index in [4.69, 9.17) is 9.57 Å². The van der Waals surface area contributed by atoms with Gasteiger partial charge in [0, 0.05) is 17.0 Å². The highest BCUT2D eigenvalue weighted by atomic mass is 32.1. The Bertz CT molecular complexity index is 1750. The second-order valence-electron chi connectivity index (χ2n) is 9.93. The summed E-state index contributed by atoms with van der Waals surface area (Å²) in [6.45, 7) is 2.27. The molecule has 8 nitrogen and oxygen atoms in total. The Morgan fingerprint density at radius 1 is 1.05 bits per heavy atom. The zero-order chi connectivity index (χ0) is 29.6. The van der Waals surface area contributed by atoms with E-state index in [2.05, 4.69) is 5.16 Å². The zero-order valence-corrected chi connectivity index (χ0v) is 24.0. The van der Waals surface area contributed by atoms with Crippen LogP contribution in [0.15, 0.2) is 107 Å². The summed E-state index contributed by atoms with van der Waals surface area (Å²) in [4.78, 5) is 41.9. The highest BCUT2D eigenvalue weighted by Gasteiger charge is 2.30. The van der Waals surface area contributed by atoms with Gasteiger partial charge >= 0.3 is 10.8 Å². The molecule has 0 spiro atoms. The van der Waals surface area contributed by atoms with Gasteiger partial charge in [0.15, 0.2) is 5.78 Å². The quantitative estimate of drug-likeness (QED) is 0.185. The minimum Gasteiger partial charge on any atom is -0.492 e. The molecule has 0 radical (unpaired) electrons. The molecule has 0 amide bonds. The SMILES string of the molecule is CON=C(c1ccccc1)c1ccc2c(c1)sc(=O)n2CCOc1ccc(CC2C(=O)C=CC=C2C(C)C(=O)O)cc1. The number of ether oxygens (including phenoxy) is 1. The molecule has 9 heteroatoms. The van der Waals surface area contributed by atoms with Crippen LogP contribution in [0, 0.1) is 11.8 Å². The number of thiazole rings is 1. The van der Waals surface area contributed by atoms with E-state index in [9.17, 15) is 19.5 Å². The summed E-state index contributed by atoms with van der Waals surface area (Å²) in [5, 5.41) is 13.7. The van der Waals surface area contributed by atoms with Gasteiger partial charge < -0.3 is 14.7 Å². The number of fused-ring (bicyclic) bond motifs is 1. The second kappa shape index (κ2) is 12.8. The van der Waals surface area contributed by atoms with Crippen LogP contribution in [0.3, 0.4) is 0 Å². The van der Waals surface area contributed by atoms with Crippen LogP contribution in [0.4, 0.5) is 0 Å². The first-order valence-corrected chi connectivity index (χ1v) is 14.3. The van der Waals surface area contributed by atoms with E-state index in [1.807, 2.05) is 72.8 Å². The van der Waals surface area contributed by atoms with Gasteiger partial charge in [0.05, 0.1) is 22.7 Å². The van der Waals surface area contributed by atoms with Gasteiger partial charge in [0.1, 0.15) is 25.2 Å². The van der Waals surface area contributed by atoms with Gasteiger partial charge in [-0.3, -0.25) is 19.0 Å². The molecule has 0 saturated carbocycles. The van der Waals surface area contributed by atoms with Crippen molar-refractivity contribution in [2.45, 2.75) is 19.9 Å². The number of ketones is 1. The van der Waals surface area contributed by atoms with Gasteiger partial charge in [-0.15, -0.1) is 0 Å². The summed E-state index contributed by atoms with van der Waals surface area (Å²) in [6, 6.07) is 22.9. The maximum absolute atomic E-state index is 12.8. The Kier molecular flexibility index (Phi) is 8.78. The third-order valence-corrected chi connectivity index (χ3v) is 8.23. The van der Waals surface area contributed by atoms with Crippen molar-refractivity contribution in [3.63, 3.8) is 0 Å². The third kappa shape index (κ3) is 6.26. The zero-order valence-electron chi connectivity index (χ0n) is 23.2. The van der Waals surface area contributed by atoms with Crippen LogP contribution >= 0.6 is 11.3 Å². The number of hydrogen-bond acceptors (Lipinski definition) is 7. The molecule has 2 unspecified atom stereocenters. The number of carbonyl (C=O) groups is 2. The molecule has 214 valence electrons. The number of carbonyl (C=O) groups excluding carboxylic acids is 1. The van der Waals surface area contributed by atoms with Crippen molar-refractivity contribution in [2.24, 2.45) is 17.0 Å². The van der Waals surface area contributed by atoms with E-state index in [0.29, 0.717) is 36.6 Å². The largest absolute Gasteiger partial charge is 0.492 e. The van der Waals surface area contributed by atoms with Crippen molar-refractivity contribution in [2.75, 3.05) is 13.7 Å². The van der Waals surface area contributed by atoms with Crippen molar-refractivity contribution >= 4 is 39.0 Å². The number of aliphatic carboxylic acids is 1. The molecule has 3 aromatic carbocycles. The molecule has 1 aliphatic carbocycles. The summed E-state index contributed by atoms with van der Waals surface area (Å²) in [5.74, 6) is -1.64. The van der Waals surface area contributed by atoms with Crippen molar-refractivity contribution in [3.8, 4) is 5.75 Å². The van der Waals surface area contributed by atoms with Crippen LogP contribution in [0.2, 0.25) is 0 Å². The predicted molar refractivity (Wildman–Crippen MR) is 163 cm³/mol. The molecule has 0 aliphatic heterocycles. The van der Waals surface area contributed by atoms with Crippen LogP contribution in [0.25, 0.3) is 10.2 Å². The summed E-state index contributed by atoms with van der Waals surface area (Å²) in [7, 11) is 1.51. The molecule has 2 atom stereocenters. The fraction of sp³-hybridized carbons (Fsp3) is 0.212. The first-order chi connectivity index (χ1) is 20.4. The number of rotatable bonds is 11. The Balaban J connectivity index is 1.24. The topological polar surface area (TPSA) is 107 Å². The molecular formula is C33H30N2O6S. The van der Waals surface area contributed by atoms with Gasteiger partial charge in [-0.1, -0.05) is 77.2 Å². The van der Waals surface area contributed by atoms with Gasteiger partial charge in [-0.05, 0) is 54.8 Å². The molecule has 0 saturated heterocycles. The second-order valence-corrected chi connectivity index (χ2v) is 10.9. The number of benzene rings is 3. The Hall–Kier alpha value is -4.76. The average Bonchev–Trinajstić information content (AvgIpc) is 3.31. The first kappa shape index (κ1) is 28.8. The molecule has 0 bridgehead atoms. The van der Waals surface area contributed by atoms with E-state index in [-0.39, 0.29) is 10.7 Å². The summed E-state index contributed by atoms with van der Waals surface area (Å²) in [5.41, 5.74) is 4.79. The van der Waals surface area contributed by atoms with Crippen LogP contribution < -0.4 is 9.61 Å². The van der Waals surface area contributed by atoms with Crippen LogP contribution in [0.1, 0.15) is 23.6 Å². The number of carboxylic acid groups (broad SMARTS) is 1. The normalized spacial score (nSPS) is 15.9. The smallest absolute Gasteiger partial charge is 0.310 e. The van der Waals surface area contributed by atoms with Gasteiger partial charge in [-0.25, -0.2) is 0 Å². The fourth-order valence-corrected chi connectivity index (χ4v) is 6.01. The Morgan fingerprint density at radius 2 is 1.81 bits per heavy atom. The van der Waals surface area contributed by atoms with E-state index in [0.717, 1.165) is 26.9 Å². The van der Waals surface area contributed by atoms with Crippen molar-refractivity contribution in [1.82, 2.24) is 4.57 Å². The van der Waals surface area contributed by atoms with Crippen LogP contribution in [0.5, 0.6) is 5.75 Å².